The molecular weight excluding hydrogens is 208 g/mol. The van der Waals surface area contributed by atoms with Crippen molar-refractivity contribution >= 4 is 11.6 Å². The molecule has 2 nitrogen and oxygen atoms in total. The lowest BCUT2D eigenvalue weighted by molar-refractivity contribution is 0.548. The Labute approximate surface area is 96.1 Å². The topological polar surface area (TPSA) is 38.0 Å². The number of benzene rings is 1. The van der Waals surface area contributed by atoms with Gasteiger partial charge in [-0.25, -0.2) is 0 Å². The lowest BCUT2D eigenvalue weighted by Crippen LogP contribution is -2.28. The Morgan fingerprint density at radius 2 is 2.07 bits per heavy atom. The molecule has 0 aliphatic rings. The van der Waals surface area contributed by atoms with E-state index in [1.54, 1.807) is 0 Å². The van der Waals surface area contributed by atoms with Crippen molar-refractivity contribution in [1.82, 2.24) is 5.32 Å². The molecule has 3 heteroatoms. The van der Waals surface area contributed by atoms with Crippen LogP contribution in [0.3, 0.4) is 0 Å². The molecule has 1 aromatic rings. The summed E-state index contributed by atoms with van der Waals surface area (Å²) in [5.74, 6) is 0. The van der Waals surface area contributed by atoms with Crippen LogP contribution in [0.25, 0.3) is 0 Å². The van der Waals surface area contributed by atoms with Crippen molar-refractivity contribution in [2.24, 2.45) is 5.73 Å². The smallest absolute Gasteiger partial charge is 0.0444 e. The molecule has 1 aromatic carbocycles. The van der Waals surface area contributed by atoms with E-state index in [0.29, 0.717) is 6.54 Å². The van der Waals surface area contributed by atoms with E-state index < -0.39 is 0 Å². The second kappa shape index (κ2) is 6.62. The molecule has 0 radical (unpaired) electrons. The van der Waals surface area contributed by atoms with Gasteiger partial charge in [-0.3, -0.25) is 0 Å². The van der Waals surface area contributed by atoms with Crippen molar-refractivity contribution in [3.8, 4) is 0 Å². The van der Waals surface area contributed by atoms with E-state index in [-0.39, 0.29) is 6.04 Å². The maximum atomic E-state index is 5.82. The van der Waals surface area contributed by atoms with Crippen LogP contribution in [0.1, 0.15) is 18.0 Å². The van der Waals surface area contributed by atoms with Gasteiger partial charge in [0.2, 0.25) is 0 Å². The summed E-state index contributed by atoms with van der Waals surface area (Å²) in [6.45, 7) is 5.16. The van der Waals surface area contributed by atoms with E-state index in [1.165, 1.54) is 5.56 Å². The van der Waals surface area contributed by atoms with Crippen LogP contribution < -0.4 is 11.1 Å². The summed E-state index contributed by atoms with van der Waals surface area (Å²) in [6.07, 6.45) is 2.84. The number of halogens is 1. The van der Waals surface area contributed by atoms with Crippen LogP contribution in [-0.4, -0.2) is 13.1 Å². The van der Waals surface area contributed by atoms with Gasteiger partial charge in [0.1, 0.15) is 0 Å². The van der Waals surface area contributed by atoms with E-state index in [2.05, 4.69) is 11.9 Å². The molecule has 0 aliphatic heterocycles. The number of nitrogens with two attached hydrogens (primary N) is 1. The fourth-order valence-electron chi connectivity index (χ4n) is 1.39. The minimum atomic E-state index is 0.196. The first kappa shape index (κ1) is 12.2. The molecular formula is C12H17ClN2. The first-order valence-corrected chi connectivity index (χ1v) is 5.45. The van der Waals surface area contributed by atoms with Crippen molar-refractivity contribution in [3.05, 3.63) is 47.5 Å². The van der Waals surface area contributed by atoms with Gasteiger partial charge >= 0.3 is 0 Å². The van der Waals surface area contributed by atoms with Gasteiger partial charge in [0.05, 0.1) is 0 Å². The van der Waals surface area contributed by atoms with E-state index in [9.17, 15) is 0 Å². The number of nitrogens with one attached hydrogen (secondary N) is 1. The zero-order valence-electron chi connectivity index (χ0n) is 8.75. The van der Waals surface area contributed by atoms with E-state index in [4.69, 9.17) is 17.3 Å². The molecule has 0 amide bonds. The molecule has 3 N–H and O–H groups in total. The minimum absolute atomic E-state index is 0.196. The predicted octanol–water partition coefficient (Wildman–Crippen LogP) is 2.51. The van der Waals surface area contributed by atoms with Crippen LogP contribution in [0.2, 0.25) is 5.02 Å². The highest BCUT2D eigenvalue weighted by Gasteiger charge is 2.07. The summed E-state index contributed by atoms with van der Waals surface area (Å²) in [6, 6.07) is 7.97. The third-order valence-corrected chi connectivity index (χ3v) is 2.50. The number of hydrogen-bond donors (Lipinski definition) is 2. The Bertz CT molecular complexity index is 295. The van der Waals surface area contributed by atoms with Crippen molar-refractivity contribution in [1.29, 1.82) is 0 Å². The van der Waals surface area contributed by atoms with Gasteiger partial charge in [-0.1, -0.05) is 29.8 Å². The Morgan fingerprint density at radius 1 is 1.40 bits per heavy atom. The third kappa shape index (κ3) is 4.04. The van der Waals surface area contributed by atoms with Crippen LogP contribution in [-0.2, 0) is 0 Å². The molecule has 82 valence electrons. The van der Waals surface area contributed by atoms with Crippen LogP contribution in [0.15, 0.2) is 36.9 Å². The zero-order valence-corrected chi connectivity index (χ0v) is 9.50. The molecule has 15 heavy (non-hydrogen) atoms. The van der Waals surface area contributed by atoms with Gasteiger partial charge in [-0.15, -0.1) is 6.58 Å². The third-order valence-electron chi connectivity index (χ3n) is 2.25. The van der Waals surface area contributed by atoms with Crippen LogP contribution >= 0.6 is 11.6 Å². The van der Waals surface area contributed by atoms with Crippen LogP contribution in [0.5, 0.6) is 0 Å². The van der Waals surface area contributed by atoms with Crippen LogP contribution in [0, 0.1) is 0 Å². The van der Waals surface area contributed by atoms with Gasteiger partial charge in [0.25, 0.3) is 0 Å². The monoisotopic (exact) mass is 224 g/mol. The Hall–Kier alpha value is -0.830. The summed E-state index contributed by atoms with van der Waals surface area (Å²) >= 11 is 5.82. The zero-order chi connectivity index (χ0) is 11.1. The summed E-state index contributed by atoms with van der Waals surface area (Å²) in [4.78, 5) is 0. The van der Waals surface area contributed by atoms with Gasteiger partial charge in [-0.2, -0.15) is 0 Å². The number of hydrogen-bond acceptors (Lipinski definition) is 2. The first-order valence-electron chi connectivity index (χ1n) is 5.07. The lowest BCUT2D eigenvalue weighted by Gasteiger charge is -2.16. The molecule has 0 spiro atoms. The molecule has 0 bridgehead atoms. The normalized spacial score (nSPS) is 12.4. The Morgan fingerprint density at radius 3 is 2.60 bits per heavy atom. The van der Waals surface area contributed by atoms with Gasteiger partial charge in [0.15, 0.2) is 0 Å². The van der Waals surface area contributed by atoms with E-state index in [0.717, 1.165) is 18.0 Å². The van der Waals surface area contributed by atoms with Gasteiger partial charge in [0, 0.05) is 17.6 Å². The lowest BCUT2D eigenvalue weighted by atomic mass is 10.1. The fourth-order valence-corrected chi connectivity index (χ4v) is 1.52. The second-order valence-electron chi connectivity index (χ2n) is 3.37. The highest BCUT2D eigenvalue weighted by molar-refractivity contribution is 6.30. The molecule has 0 saturated heterocycles. The molecule has 0 heterocycles. The largest absolute Gasteiger partial charge is 0.329 e. The maximum Gasteiger partial charge on any atom is 0.0444 e. The molecule has 0 saturated carbocycles. The second-order valence-corrected chi connectivity index (χ2v) is 3.81. The standard InChI is InChI=1S/C12H17ClN2/c1-2-3-8-15-12(9-14)10-4-6-11(13)7-5-10/h2,4-7,12,15H,1,3,8-9,14H2. The first-order chi connectivity index (χ1) is 7.27. The summed E-state index contributed by atoms with van der Waals surface area (Å²) < 4.78 is 0. The van der Waals surface area contributed by atoms with Crippen molar-refractivity contribution < 1.29 is 0 Å². The Kier molecular flexibility index (Phi) is 5.40. The Balaban J connectivity index is 2.57. The molecule has 0 fully saturated rings. The summed E-state index contributed by atoms with van der Waals surface area (Å²) in [7, 11) is 0. The fraction of sp³-hybridized carbons (Fsp3) is 0.333. The summed E-state index contributed by atoms with van der Waals surface area (Å²) in [5.41, 5.74) is 6.88. The maximum absolute atomic E-state index is 5.82. The molecule has 1 rings (SSSR count). The minimum Gasteiger partial charge on any atom is -0.329 e. The van der Waals surface area contributed by atoms with Crippen molar-refractivity contribution in [3.63, 3.8) is 0 Å². The van der Waals surface area contributed by atoms with E-state index >= 15 is 0 Å². The average molecular weight is 225 g/mol. The van der Waals surface area contributed by atoms with E-state index in [1.807, 2.05) is 30.3 Å². The molecule has 0 aromatic heterocycles. The SMILES string of the molecule is C=CCCNC(CN)c1ccc(Cl)cc1. The number of rotatable bonds is 6. The van der Waals surface area contributed by atoms with Crippen LogP contribution in [0.4, 0.5) is 0 Å². The molecule has 0 aliphatic carbocycles. The van der Waals surface area contributed by atoms with Crippen molar-refractivity contribution in [2.75, 3.05) is 13.1 Å². The summed E-state index contributed by atoms with van der Waals surface area (Å²) in [5, 5.41) is 4.12. The molecule has 1 unspecified atom stereocenters. The highest BCUT2D eigenvalue weighted by Crippen LogP contribution is 2.15. The van der Waals surface area contributed by atoms with Crippen molar-refractivity contribution in [2.45, 2.75) is 12.5 Å². The predicted molar refractivity (Wildman–Crippen MR) is 66.1 cm³/mol. The van der Waals surface area contributed by atoms with Gasteiger partial charge in [-0.05, 0) is 30.7 Å². The molecule has 1 atom stereocenters. The quantitative estimate of drug-likeness (QED) is 0.576. The van der Waals surface area contributed by atoms with Gasteiger partial charge < -0.3 is 11.1 Å². The average Bonchev–Trinajstić information content (AvgIpc) is 2.26. The highest BCUT2D eigenvalue weighted by atomic mass is 35.5.